The van der Waals surface area contributed by atoms with Crippen LogP contribution in [0.4, 0.5) is 11.4 Å². The van der Waals surface area contributed by atoms with Crippen LogP contribution in [0.15, 0.2) is 23.1 Å². The molecule has 0 aromatic heterocycles. The smallest absolute Gasteiger partial charge is 0.296 e. The summed E-state index contributed by atoms with van der Waals surface area (Å²) < 4.78 is 30.0. The predicted octanol–water partition coefficient (Wildman–Crippen LogP) is 0.0429. The van der Waals surface area contributed by atoms with Gasteiger partial charge in [0.2, 0.25) is 0 Å². The zero-order chi connectivity index (χ0) is 10.9. The summed E-state index contributed by atoms with van der Waals surface area (Å²) in [6.45, 7) is 0. The number of nitro groups is 1. The van der Waals surface area contributed by atoms with Crippen LogP contribution in [0, 0.1) is 10.1 Å². The van der Waals surface area contributed by atoms with Crippen molar-refractivity contribution in [1.82, 2.24) is 0 Å². The largest absolute Gasteiger partial charge is 0.398 e. The molecule has 0 spiro atoms. The number of nitro benzene ring substituents is 1. The summed E-state index contributed by atoms with van der Waals surface area (Å²) in [5.74, 6) is 0. The molecule has 0 aliphatic carbocycles. The van der Waals surface area contributed by atoms with E-state index in [2.05, 4.69) is 0 Å². The van der Waals surface area contributed by atoms with E-state index in [9.17, 15) is 18.5 Å². The van der Waals surface area contributed by atoms with Gasteiger partial charge in [-0.15, -0.1) is 0 Å². The van der Waals surface area contributed by atoms with Crippen molar-refractivity contribution in [2.75, 3.05) is 5.73 Å². The minimum absolute atomic E-state index is 0. The normalized spacial score (nSPS) is 10.5. The van der Waals surface area contributed by atoms with E-state index in [1.165, 1.54) is 0 Å². The minimum Gasteiger partial charge on any atom is -0.398 e. The van der Waals surface area contributed by atoms with E-state index >= 15 is 0 Å². The van der Waals surface area contributed by atoms with Crippen LogP contribution in [0.1, 0.15) is 0 Å². The number of anilines is 1. The molecule has 0 saturated heterocycles. The molecular formula is C6H6N2NaO5S. The van der Waals surface area contributed by atoms with Crippen molar-refractivity contribution in [3.63, 3.8) is 0 Å². The molecule has 0 heterocycles. The summed E-state index contributed by atoms with van der Waals surface area (Å²) in [7, 11) is -4.52. The summed E-state index contributed by atoms with van der Waals surface area (Å²) >= 11 is 0. The molecule has 1 aromatic carbocycles. The maximum absolute atomic E-state index is 10.7. The van der Waals surface area contributed by atoms with Crippen molar-refractivity contribution in [2.45, 2.75) is 4.90 Å². The Labute approximate surface area is 107 Å². The molecule has 7 nitrogen and oxygen atoms in total. The number of nitrogen functional groups attached to an aromatic ring is 1. The van der Waals surface area contributed by atoms with Crippen molar-refractivity contribution >= 4 is 51.1 Å². The molecule has 0 saturated carbocycles. The number of benzene rings is 1. The van der Waals surface area contributed by atoms with E-state index in [0.717, 1.165) is 12.1 Å². The first-order valence-electron chi connectivity index (χ1n) is 3.34. The predicted molar refractivity (Wildman–Crippen MR) is 53.1 cm³/mol. The van der Waals surface area contributed by atoms with E-state index in [0.29, 0.717) is 6.07 Å². The fourth-order valence-electron chi connectivity index (χ4n) is 0.860. The van der Waals surface area contributed by atoms with E-state index in [4.69, 9.17) is 10.3 Å². The molecule has 9 heteroatoms. The van der Waals surface area contributed by atoms with Crippen molar-refractivity contribution < 1.29 is 17.9 Å². The summed E-state index contributed by atoms with van der Waals surface area (Å²) in [5, 5.41) is 10.3. The Hall–Kier alpha value is -0.670. The van der Waals surface area contributed by atoms with Crippen LogP contribution in [-0.4, -0.2) is 47.5 Å². The molecule has 0 unspecified atom stereocenters. The first-order valence-corrected chi connectivity index (χ1v) is 4.78. The Bertz CT molecular complexity index is 486. The molecule has 15 heavy (non-hydrogen) atoms. The Morgan fingerprint density at radius 3 is 2.33 bits per heavy atom. The van der Waals surface area contributed by atoms with Crippen LogP contribution in [-0.2, 0) is 10.1 Å². The summed E-state index contributed by atoms with van der Waals surface area (Å²) in [4.78, 5) is 8.84. The monoisotopic (exact) mass is 241 g/mol. The fraction of sp³-hybridized carbons (Fsp3) is 0. The topological polar surface area (TPSA) is 124 Å². The van der Waals surface area contributed by atoms with Gasteiger partial charge in [0.05, 0.1) is 10.6 Å². The third-order valence-corrected chi connectivity index (χ3v) is 2.40. The second-order valence-corrected chi connectivity index (χ2v) is 3.84. The van der Waals surface area contributed by atoms with E-state index in [1.807, 2.05) is 0 Å². The van der Waals surface area contributed by atoms with Crippen LogP contribution >= 0.6 is 0 Å². The molecule has 0 fully saturated rings. The van der Waals surface area contributed by atoms with Crippen molar-refractivity contribution in [3.8, 4) is 0 Å². The zero-order valence-electron chi connectivity index (χ0n) is 7.75. The van der Waals surface area contributed by atoms with Crippen LogP contribution in [0.2, 0.25) is 0 Å². The van der Waals surface area contributed by atoms with Gasteiger partial charge in [-0.2, -0.15) is 8.42 Å². The third kappa shape index (κ3) is 3.43. The van der Waals surface area contributed by atoms with Gasteiger partial charge >= 0.3 is 0 Å². The van der Waals surface area contributed by atoms with Crippen molar-refractivity contribution in [1.29, 1.82) is 0 Å². The fourth-order valence-corrected chi connectivity index (χ4v) is 1.50. The Morgan fingerprint density at radius 1 is 1.40 bits per heavy atom. The maximum Gasteiger partial charge on any atom is 0.296 e. The number of hydrogen-bond donors (Lipinski definition) is 2. The number of nitrogens with two attached hydrogens (primary N) is 1. The number of non-ortho nitro benzene ring substituents is 1. The number of rotatable bonds is 2. The van der Waals surface area contributed by atoms with Gasteiger partial charge in [-0.25, -0.2) is 0 Å². The Balaban J connectivity index is 0.00000196. The van der Waals surface area contributed by atoms with Crippen LogP contribution in [0.25, 0.3) is 0 Å². The first-order chi connectivity index (χ1) is 6.32. The standard InChI is InChI=1S/C6H6N2O5S.Na/c7-5-2-1-4(8(9)10)3-6(5)14(11,12)13;/h1-3H,7H2,(H,11,12,13);. The molecule has 3 N–H and O–H groups in total. The van der Waals surface area contributed by atoms with E-state index < -0.39 is 25.6 Å². The van der Waals surface area contributed by atoms with Gasteiger partial charge in [-0.1, -0.05) is 0 Å². The van der Waals surface area contributed by atoms with Gasteiger partial charge in [0.25, 0.3) is 15.8 Å². The van der Waals surface area contributed by atoms with Gasteiger partial charge in [0.1, 0.15) is 4.90 Å². The van der Waals surface area contributed by atoms with Gasteiger partial charge in [0.15, 0.2) is 0 Å². The molecule has 0 amide bonds. The van der Waals surface area contributed by atoms with Crippen molar-refractivity contribution in [2.24, 2.45) is 0 Å². The second-order valence-electron chi connectivity index (χ2n) is 2.45. The Kier molecular flexibility index (Phi) is 4.68. The van der Waals surface area contributed by atoms with Crippen LogP contribution < -0.4 is 5.73 Å². The molecule has 1 rings (SSSR count). The molecule has 0 aliphatic heterocycles. The van der Waals surface area contributed by atoms with E-state index in [1.54, 1.807) is 0 Å². The minimum atomic E-state index is -4.52. The van der Waals surface area contributed by atoms with Gasteiger partial charge in [-0.05, 0) is 6.07 Å². The molecule has 1 aromatic rings. The van der Waals surface area contributed by atoms with Gasteiger partial charge in [-0.3, -0.25) is 14.7 Å². The van der Waals surface area contributed by atoms with Gasteiger partial charge < -0.3 is 5.73 Å². The maximum atomic E-state index is 10.7. The SMILES string of the molecule is Nc1ccc([N+](=O)[O-])cc1S(=O)(=O)O.[Na]. The number of hydrogen-bond acceptors (Lipinski definition) is 5. The molecular weight excluding hydrogens is 235 g/mol. The quantitative estimate of drug-likeness (QED) is 0.248. The average Bonchev–Trinajstić information content (AvgIpc) is 2.02. The van der Waals surface area contributed by atoms with Gasteiger partial charge in [0, 0.05) is 41.7 Å². The second kappa shape index (κ2) is 4.90. The van der Waals surface area contributed by atoms with Crippen LogP contribution in [0.5, 0.6) is 0 Å². The summed E-state index contributed by atoms with van der Waals surface area (Å²) in [6.07, 6.45) is 0. The summed E-state index contributed by atoms with van der Waals surface area (Å²) in [5.41, 5.74) is 4.52. The molecule has 1 radical (unpaired) electrons. The molecule has 0 atom stereocenters. The zero-order valence-corrected chi connectivity index (χ0v) is 10.6. The molecule has 0 aliphatic rings. The number of nitrogens with zero attached hydrogens (tertiary/aromatic N) is 1. The van der Waals surface area contributed by atoms with Crippen LogP contribution in [0.3, 0.4) is 0 Å². The van der Waals surface area contributed by atoms with Crippen molar-refractivity contribution in [3.05, 3.63) is 28.3 Å². The first kappa shape index (κ1) is 14.3. The summed E-state index contributed by atoms with van der Waals surface area (Å²) in [6, 6.07) is 2.79. The Morgan fingerprint density at radius 2 is 1.93 bits per heavy atom. The molecule has 77 valence electrons. The van der Waals surface area contributed by atoms with E-state index in [-0.39, 0.29) is 35.2 Å². The molecule has 0 bridgehead atoms. The average molecular weight is 241 g/mol. The third-order valence-electron chi connectivity index (χ3n) is 1.49.